The van der Waals surface area contributed by atoms with Crippen molar-refractivity contribution in [3.8, 4) is 6.07 Å². The fourth-order valence-electron chi connectivity index (χ4n) is 8.67. The molecule has 4 heteroatoms. The zero-order chi connectivity index (χ0) is 24.4. The van der Waals surface area contributed by atoms with Gasteiger partial charge in [-0.1, -0.05) is 46.3 Å². The van der Waals surface area contributed by atoms with Crippen molar-refractivity contribution in [1.82, 2.24) is 0 Å². The number of hydrogen-bond donors (Lipinski definition) is 1. The molecule has 4 aliphatic rings. The Labute approximate surface area is 200 Å². The second-order valence-electron chi connectivity index (χ2n) is 13.1. The molecular weight excluding hydrogens is 408 g/mol. The third-order valence-corrected chi connectivity index (χ3v) is 10.5. The Kier molecular flexibility index (Phi) is 5.85. The molecule has 0 bridgehead atoms. The van der Waals surface area contributed by atoms with Crippen molar-refractivity contribution in [2.24, 2.45) is 51.6 Å². The van der Waals surface area contributed by atoms with E-state index >= 15 is 0 Å². The number of ketones is 1. The molecule has 4 rings (SSSR count). The minimum atomic E-state index is -0.475. The van der Waals surface area contributed by atoms with Gasteiger partial charge in [-0.25, -0.2) is 0 Å². The molecule has 0 radical (unpaired) electrons. The van der Waals surface area contributed by atoms with Crippen molar-refractivity contribution in [2.75, 3.05) is 0 Å². The van der Waals surface area contributed by atoms with Crippen LogP contribution in [0.4, 0.5) is 0 Å². The smallest absolute Gasteiger partial charge is 0.159 e. The molecule has 33 heavy (non-hydrogen) atoms. The van der Waals surface area contributed by atoms with Crippen molar-refractivity contribution in [3.63, 3.8) is 0 Å². The van der Waals surface area contributed by atoms with Gasteiger partial charge < -0.3 is 10.5 Å². The van der Waals surface area contributed by atoms with Gasteiger partial charge in [0.15, 0.2) is 5.78 Å². The number of hydrogen-bond acceptors (Lipinski definition) is 4. The first-order valence-electron chi connectivity index (χ1n) is 12.9. The highest BCUT2D eigenvalue weighted by Crippen LogP contribution is 2.66. The first-order valence-corrected chi connectivity index (χ1v) is 12.9. The molecule has 0 amide bonds. The number of carbonyl (C=O) groups excluding carboxylic acids is 2. The quantitative estimate of drug-likeness (QED) is 0.437. The molecule has 0 heterocycles. The Morgan fingerprint density at radius 2 is 1.85 bits per heavy atom. The Balaban J connectivity index is 1.85. The highest BCUT2D eigenvalue weighted by atomic mass is 16.1. The number of nitriles is 1. The van der Waals surface area contributed by atoms with E-state index < -0.39 is 5.41 Å². The van der Waals surface area contributed by atoms with Crippen molar-refractivity contribution in [3.05, 3.63) is 23.3 Å². The van der Waals surface area contributed by atoms with Crippen molar-refractivity contribution in [2.45, 2.75) is 92.0 Å². The largest absolute Gasteiger partial charge is 0.325 e. The van der Waals surface area contributed by atoms with Gasteiger partial charge in [-0.2, -0.15) is 5.26 Å². The van der Waals surface area contributed by atoms with Crippen LogP contribution < -0.4 is 5.73 Å². The molecule has 0 spiro atoms. The van der Waals surface area contributed by atoms with Gasteiger partial charge in [0.25, 0.3) is 0 Å². The second kappa shape index (κ2) is 7.91. The zero-order valence-corrected chi connectivity index (χ0v) is 21.4. The van der Waals surface area contributed by atoms with E-state index in [4.69, 9.17) is 5.73 Å². The minimum absolute atomic E-state index is 0.0117. The lowest BCUT2D eigenvalue weighted by atomic mass is 9.41. The summed E-state index contributed by atoms with van der Waals surface area (Å²) in [5, 5.41) is 9.58. The maximum absolute atomic E-state index is 13.9. The van der Waals surface area contributed by atoms with E-state index in [2.05, 4.69) is 33.8 Å². The van der Waals surface area contributed by atoms with Crippen LogP contribution in [0, 0.1) is 57.2 Å². The van der Waals surface area contributed by atoms with Gasteiger partial charge in [0.05, 0.1) is 6.07 Å². The summed E-state index contributed by atoms with van der Waals surface area (Å²) in [6.45, 7) is 13.0. The number of allylic oxidation sites excluding steroid dienone is 4. The van der Waals surface area contributed by atoms with Crippen LogP contribution in [-0.4, -0.2) is 17.6 Å². The summed E-state index contributed by atoms with van der Waals surface area (Å²) in [7, 11) is 0. The van der Waals surface area contributed by atoms with Crippen LogP contribution in [0.15, 0.2) is 23.3 Å². The highest BCUT2D eigenvalue weighted by Gasteiger charge is 2.62. The number of nitrogens with zero attached hydrogens (tertiary/aromatic N) is 1. The van der Waals surface area contributed by atoms with Crippen LogP contribution in [0.3, 0.4) is 0 Å². The number of aldehydes is 1. The summed E-state index contributed by atoms with van der Waals surface area (Å²) in [5.41, 5.74) is 8.24. The molecule has 0 aromatic carbocycles. The van der Waals surface area contributed by atoms with Crippen LogP contribution in [0.2, 0.25) is 0 Å². The van der Waals surface area contributed by atoms with Gasteiger partial charge in [-0.3, -0.25) is 4.79 Å². The zero-order valence-electron chi connectivity index (χ0n) is 21.4. The van der Waals surface area contributed by atoms with Gasteiger partial charge in [0.2, 0.25) is 0 Å². The second-order valence-corrected chi connectivity index (χ2v) is 13.1. The van der Waals surface area contributed by atoms with Crippen LogP contribution in [0.5, 0.6) is 0 Å². The molecule has 3 saturated carbocycles. The Bertz CT molecular complexity index is 955. The molecule has 2 N–H and O–H groups in total. The molecule has 0 aromatic heterocycles. The molecule has 0 saturated heterocycles. The molecular formula is C29H42N2O2. The standard InChI is InChI=1S/C29H42N2O2/c1-18(16-30)14-28(6)20(19(2)17-32)7-9-27(5)21-8-10-29(31)12-11-26(3,4)15-22(29)25(21)23(33)13-24(27)28/h13-14,17,19-22,25H,7-12,15,31H2,1-6H3/b18-14+/t19-,20?,21?,22?,25?,27?,28?,29?/m0/s1. The molecule has 4 aliphatic carbocycles. The highest BCUT2D eigenvalue weighted by molar-refractivity contribution is 5.95. The third kappa shape index (κ3) is 3.66. The molecule has 0 aliphatic heterocycles. The summed E-state index contributed by atoms with van der Waals surface area (Å²) in [6, 6.07) is 2.29. The van der Waals surface area contributed by atoms with E-state index in [0.717, 1.165) is 56.8 Å². The summed E-state index contributed by atoms with van der Waals surface area (Å²) >= 11 is 0. The van der Waals surface area contributed by atoms with Gasteiger partial charge in [0, 0.05) is 28.4 Å². The maximum Gasteiger partial charge on any atom is 0.159 e. The predicted molar refractivity (Wildman–Crippen MR) is 131 cm³/mol. The van der Waals surface area contributed by atoms with Gasteiger partial charge in [0.1, 0.15) is 6.29 Å². The van der Waals surface area contributed by atoms with Crippen LogP contribution in [0.1, 0.15) is 86.5 Å². The topological polar surface area (TPSA) is 83.9 Å². The van der Waals surface area contributed by atoms with Gasteiger partial charge in [-0.15, -0.1) is 0 Å². The van der Waals surface area contributed by atoms with Crippen LogP contribution in [-0.2, 0) is 9.59 Å². The van der Waals surface area contributed by atoms with E-state index in [1.54, 1.807) is 0 Å². The fourth-order valence-corrected chi connectivity index (χ4v) is 8.67. The number of fused-ring (bicyclic) bond motifs is 5. The third-order valence-electron chi connectivity index (χ3n) is 10.5. The lowest BCUT2D eigenvalue weighted by Gasteiger charge is -2.63. The summed E-state index contributed by atoms with van der Waals surface area (Å²) in [6.07, 6.45) is 12.1. The monoisotopic (exact) mass is 450 g/mol. The van der Waals surface area contributed by atoms with E-state index in [9.17, 15) is 14.9 Å². The number of rotatable bonds is 3. The Hall–Kier alpha value is -1.73. The van der Waals surface area contributed by atoms with Gasteiger partial charge in [-0.05, 0) is 86.5 Å². The molecule has 4 nitrogen and oxygen atoms in total. The normalized spacial score (nSPS) is 45.6. The lowest BCUT2D eigenvalue weighted by Crippen LogP contribution is -2.64. The number of carbonyl (C=O) groups is 2. The predicted octanol–water partition coefficient (Wildman–Crippen LogP) is 5.77. The Morgan fingerprint density at radius 3 is 2.48 bits per heavy atom. The molecule has 0 aromatic rings. The first-order chi connectivity index (χ1) is 15.3. The summed E-state index contributed by atoms with van der Waals surface area (Å²) < 4.78 is 0. The summed E-state index contributed by atoms with van der Waals surface area (Å²) in [4.78, 5) is 25.8. The minimum Gasteiger partial charge on any atom is -0.325 e. The SMILES string of the molecule is C/C(C#N)=C\C1(C)C2=CC(=O)C3C4CC(C)(C)CCC4(N)CCC3C2(C)CCC1[C@@H](C)C=O. The Morgan fingerprint density at radius 1 is 1.15 bits per heavy atom. The molecule has 8 atom stereocenters. The maximum atomic E-state index is 13.9. The average molecular weight is 451 g/mol. The molecule has 7 unspecified atom stereocenters. The van der Waals surface area contributed by atoms with Crippen molar-refractivity contribution >= 4 is 12.1 Å². The van der Waals surface area contributed by atoms with Crippen molar-refractivity contribution < 1.29 is 9.59 Å². The van der Waals surface area contributed by atoms with Gasteiger partial charge >= 0.3 is 0 Å². The first kappa shape index (κ1) is 24.4. The number of nitrogens with two attached hydrogens (primary N) is 1. The fraction of sp³-hybridized carbons (Fsp3) is 0.759. The van der Waals surface area contributed by atoms with Crippen LogP contribution >= 0.6 is 0 Å². The van der Waals surface area contributed by atoms with Crippen molar-refractivity contribution in [1.29, 1.82) is 5.26 Å². The molecule has 3 fully saturated rings. The lowest BCUT2D eigenvalue weighted by molar-refractivity contribution is -0.137. The molecule has 180 valence electrons. The van der Waals surface area contributed by atoms with E-state index in [1.807, 2.05) is 26.0 Å². The summed E-state index contributed by atoms with van der Waals surface area (Å²) in [5.74, 6) is 0.700. The van der Waals surface area contributed by atoms with Crippen LogP contribution in [0.25, 0.3) is 0 Å². The van der Waals surface area contributed by atoms with E-state index in [-0.39, 0.29) is 51.7 Å². The van der Waals surface area contributed by atoms with E-state index in [0.29, 0.717) is 5.57 Å². The van der Waals surface area contributed by atoms with E-state index in [1.165, 1.54) is 0 Å². The average Bonchev–Trinajstić information content (AvgIpc) is 2.75.